The first-order valence-corrected chi connectivity index (χ1v) is 6.25. The number of nitro benzene ring substituents is 1. The molecule has 0 radical (unpaired) electrons. The van der Waals surface area contributed by atoms with Crippen molar-refractivity contribution in [1.29, 1.82) is 5.26 Å². The van der Waals surface area contributed by atoms with E-state index in [0.29, 0.717) is 21.8 Å². The zero-order valence-electron chi connectivity index (χ0n) is 10.6. The van der Waals surface area contributed by atoms with Gasteiger partial charge in [0.25, 0.3) is 5.69 Å². The summed E-state index contributed by atoms with van der Waals surface area (Å²) >= 11 is 5.85. The number of nitriles is 1. The Bertz CT molecular complexity index is 743. The van der Waals surface area contributed by atoms with Gasteiger partial charge in [0.2, 0.25) is 0 Å². The average molecular weight is 306 g/mol. The molecule has 1 N–H and O–H groups in total. The maximum atomic E-state index is 13.3. The molecule has 21 heavy (non-hydrogen) atoms. The van der Waals surface area contributed by atoms with Crippen molar-refractivity contribution in [2.24, 2.45) is 0 Å². The molecule has 0 atom stereocenters. The predicted octanol–water partition coefficient (Wildman–Crippen LogP) is 3.87. The summed E-state index contributed by atoms with van der Waals surface area (Å²) in [4.78, 5) is 10.0. The summed E-state index contributed by atoms with van der Waals surface area (Å²) in [6, 6.07) is 10.0. The van der Waals surface area contributed by atoms with Crippen molar-refractivity contribution in [2.75, 3.05) is 5.32 Å². The van der Waals surface area contributed by atoms with Crippen LogP contribution in [0.5, 0.6) is 0 Å². The molecule has 0 aliphatic rings. The Morgan fingerprint density at radius 1 is 1.33 bits per heavy atom. The van der Waals surface area contributed by atoms with Gasteiger partial charge in [0.15, 0.2) is 0 Å². The summed E-state index contributed by atoms with van der Waals surface area (Å²) in [5, 5.41) is 23.0. The van der Waals surface area contributed by atoms with Gasteiger partial charge in [-0.25, -0.2) is 4.39 Å². The maximum Gasteiger partial charge on any atom is 0.272 e. The Kier molecular flexibility index (Phi) is 4.36. The molecule has 0 fully saturated rings. The number of nitro groups is 1. The van der Waals surface area contributed by atoms with Crippen molar-refractivity contribution in [3.8, 4) is 6.07 Å². The van der Waals surface area contributed by atoms with E-state index in [1.807, 2.05) is 6.07 Å². The minimum Gasteiger partial charge on any atom is -0.380 e. The molecule has 0 spiro atoms. The lowest BCUT2D eigenvalue weighted by atomic mass is 10.1. The summed E-state index contributed by atoms with van der Waals surface area (Å²) in [5.74, 6) is -0.687. The van der Waals surface area contributed by atoms with Gasteiger partial charge in [-0.1, -0.05) is 11.6 Å². The van der Waals surface area contributed by atoms with Gasteiger partial charge in [-0.05, 0) is 29.8 Å². The smallest absolute Gasteiger partial charge is 0.272 e. The van der Waals surface area contributed by atoms with Gasteiger partial charge in [0.05, 0.1) is 22.2 Å². The molecule has 0 aromatic heterocycles. The standard InChI is InChI=1S/C14H9ClFN3O2/c15-11-2-1-10(7-17)14(5-11)18-8-9-3-12(16)6-13(4-9)19(20)21/h1-6,18H,8H2. The fourth-order valence-corrected chi connectivity index (χ4v) is 1.97. The van der Waals surface area contributed by atoms with Gasteiger partial charge in [0, 0.05) is 17.6 Å². The number of non-ortho nitro benzene ring substituents is 1. The monoisotopic (exact) mass is 305 g/mol. The van der Waals surface area contributed by atoms with Crippen LogP contribution in [-0.4, -0.2) is 4.92 Å². The summed E-state index contributed by atoms with van der Waals surface area (Å²) in [6.45, 7) is 0.133. The van der Waals surface area contributed by atoms with Crippen LogP contribution in [0.3, 0.4) is 0 Å². The van der Waals surface area contributed by atoms with Crippen LogP contribution in [0.15, 0.2) is 36.4 Å². The van der Waals surface area contributed by atoms with Gasteiger partial charge in [0.1, 0.15) is 11.9 Å². The van der Waals surface area contributed by atoms with Crippen LogP contribution in [0.1, 0.15) is 11.1 Å². The fraction of sp³-hybridized carbons (Fsp3) is 0.0714. The maximum absolute atomic E-state index is 13.3. The molecular formula is C14H9ClFN3O2. The summed E-state index contributed by atoms with van der Waals surface area (Å²) in [6.07, 6.45) is 0. The molecule has 0 heterocycles. The zero-order valence-corrected chi connectivity index (χ0v) is 11.4. The van der Waals surface area contributed by atoms with E-state index in [9.17, 15) is 14.5 Å². The number of anilines is 1. The van der Waals surface area contributed by atoms with Crippen molar-refractivity contribution in [2.45, 2.75) is 6.54 Å². The average Bonchev–Trinajstić information content (AvgIpc) is 2.44. The highest BCUT2D eigenvalue weighted by Gasteiger charge is 2.10. The van der Waals surface area contributed by atoms with E-state index in [2.05, 4.69) is 5.32 Å². The molecular weight excluding hydrogens is 297 g/mol. The van der Waals surface area contributed by atoms with Crippen molar-refractivity contribution in [3.63, 3.8) is 0 Å². The third-order valence-corrected chi connectivity index (χ3v) is 2.97. The van der Waals surface area contributed by atoms with Crippen LogP contribution in [-0.2, 0) is 6.54 Å². The molecule has 2 rings (SSSR count). The molecule has 0 aliphatic carbocycles. The van der Waals surface area contributed by atoms with E-state index in [4.69, 9.17) is 16.9 Å². The highest BCUT2D eigenvalue weighted by molar-refractivity contribution is 6.30. The number of hydrogen-bond acceptors (Lipinski definition) is 4. The molecule has 2 aromatic rings. The first kappa shape index (κ1) is 14.8. The molecule has 0 bridgehead atoms. The Balaban J connectivity index is 2.23. The van der Waals surface area contributed by atoms with E-state index in [1.165, 1.54) is 12.1 Å². The lowest BCUT2D eigenvalue weighted by molar-refractivity contribution is -0.385. The molecule has 7 heteroatoms. The van der Waals surface area contributed by atoms with Crippen molar-refractivity contribution < 1.29 is 9.31 Å². The van der Waals surface area contributed by atoms with E-state index >= 15 is 0 Å². The van der Waals surface area contributed by atoms with Gasteiger partial charge in [-0.15, -0.1) is 0 Å². The molecule has 0 saturated heterocycles. The molecule has 106 valence electrons. The lowest BCUT2D eigenvalue weighted by Crippen LogP contribution is -2.02. The Morgan fingerprint density at radius 3 is 2.76 bits per heavy atom. The topological polar surface area (TPSA) is 79.0 Å². The first-order valence-electron chi connectivity index (χ1n) is 5.87. The zero-order chi connectivity index (χ0) is 15.4. The van der Waals surface area contributed by atoms with E-state index in [0.717, 1.165) is 6.07 Å². The van der Waals surface area contributed by atoms with Crippen molar-refractivity contribution in [1.82, 2.24) is 0 Å². The van der Waals surface area contributed by atoms with Crippen molar-refractivity contribution in [3.05, 3.63) is 68.5 Å². The lowest BCUT2D eigenvalue weighted by Gasteiger charge is -2.09. The third-order valence-electron chi connectivity index (χ3n) is 2.74. The molecule has 2 aromatic carbocycles. The molecule has 5 nitrogen and oxygen atoms in total. The SMILES string of the molecule is N#Cc1ccc(Cl)cc1NCc1cc(F)cc([N+](=O)[O-])c1. The summed E-state index contributed by atoms with van der Waals surface area (Å²) in [5.41, 5.74) is 0.936. The number of nitrogens with zero attached hydrogens (tertiary/aromatic N) is 2. The highest BCUT2D eigenvalue weighted by atomic mass is 35.5. The Labute approximate surface area is 124 Å². The number of hydrogen-bond donors (Lipinski definition) is 1. The molecule has 0 amide bonds. The minimum absolute atomic E-state index is 0.133. The minimum atomic E-state index is -0.687. The highest BCUT2D eigenvalue weighted by Crippen LogP contribution is 2.22. The van der Waals surface area contributed by atoms with Gasteiger partial charge in [-0.3, -0.25) is 10.1 Å². The van der Waals surface area contributed by atoms with E-state index < -0.39 is 10.7 Å². The Hall–Kier alpha value is -2.65. The van der Waals surface area contributed by atoms with Crippen LogP contribution in [0.2, 0.25) is 5.02 Å². The normalized spacial score (nSPS) is 9.95. The third kappa shape index (κ3) is 3.68. The number of rotatable bonds is 4. The number of halogens is 2. The first-order chi connectivity index (χ1) is 9.99. The largest absolute Gasteiger partial charge is 0.380 e. The van der Waals surface area contributed by atoms with Crippen LogP contribution in [0.4, 0.5) is 15.8 Å². The van der Waals surface area contributed by atoms with Crippen molar-refractivity contribution >= 4 is 23.0 Å². The van der Waals surface area contributed by atoms with E-state index in [1.54, 1.807) is 18.2 Å². The van der Waals surface area contributed by atoms with Gasteiger partial charge < -0.3 is 5.32 Å². The van der Waals surface area contributed by atoms with Gasteiger partial charge in [-0.2, -0.15) is 5.26 Å². The molecule has 0 unspecified atom stereocenters. The summed E-state index contributed by atoms with van der Waals surface area (Å²) < 4.78 is 13.3. The number of nitrogens with one attached hydrogen (secondary N) is 1. The second kappa shape index (κ2) is 6.20. The van der Waals surface area contributed by atoms with Crippen LogP contribution < -0.4 is 5.32 Å². The molecule has 0 saturated carbocycles. The second-order valence-electron chi connectivity index (χ2n) is 4.23. The Morgan fingerprint density at radius 2 is 2.10 bits per heavy atom. The second-order valence-corrected chi connectivity index (χ2v) is 4.67. The van der Waals surface area contributed by atoms with Crippen LogP contribution in [0.25, 0.3) is 0 Å². The number of benzene rings is 2. The van der Waals surface area contributed by atoms with Crippen LogP contribution in [0, 0.1) is 27.3 Å². The van der Waals surface area contributed by atoms with Crippen LogP contribution >= 0.6 is 11.6 Å². The van der Waals surface area contributed by atoms with E-state index in [-0.39, 0.29) is 12.2 Å². The van der Waals surface area contributed by atoms with Gasteiger partial charge >= 0.3 is 0 Å². The summed E-state index contributed by atoms with van der Waals surface area (Å²) in [7, 11) is 0. The predicted molar refractivity (Wildman–Crippen MR) is 76.5 cm³/mol. The molecule has 0 aliphatic heterocycles. The fourth-order valence-electron chi connectivity index (χ4n) is 1.80. The quantitative estimate of drug-likeness (QED) is 0.687.